The van der Waals surface area contributed by atoms with E-state index in [1.807, 2.05) is 24.3 Å². The summed E-state index contributed by atoms with van der Waals surface area (Å²) in [5.74, 6) is 15.2. The molecular formula is C48H56O4. The Balaban J connectivity index is 0.000000162. The van der Waals surface area contributed by atoms with Crippen LogP contribution in [0, 0.1) is 82.9 Å². The highest BCUT2D eigenvalue weighted by atomic mass is 16.5. The quantitative estimate of drug-likeness (QED) is 0.232. The summed E-state index contributed by atoms with van der Waals surface area (Å²) in [6, 6.07) is 12.5. The van der Waals surface area contributed by atoms with Crippen LogP contribution in [-0.4, -0.2) is 26.4 Å². The fraction of sp³-hybridized carbons (Fsp3) is 0.583. The molecule has 0 spiro atoms. The van der Waals surface area contributed by atoms with Gasteiger partial charge < -0.3 is 18.9 Å². The van der Waals surface area contributed by atoms with E-state index in [1.54, 1.807) is 0 Å². The molecule has 8 bridgehead atoms. The first-order valence-electron chi connectivity index (χ1n) is 19.3. The molecule has 4 heteroatoms. The number of benzene rings is 2. The Labute approximate surface area is 313 Å². The monoisotopic (exact) mass is 696 g/mol. The zero-order valence-corrected chi connectivity index (χ0v) is 31.9. The number of rotatable bonds is 10. The Morgan fingerprint density at radius 3 is 1.12 bits per heavy atom. The standard InChI is InChI=1S/2C24H28O2/c2*1-5-9-25-19-7-8-20(21(11-19)26-10-6-2)24-14-18-12-22(3,16-24)15-23(4,13-18)17-24/h2*1-2,7-8,11,18H,9-10,12-17H2,3-4H3. The molecule has 0 aromatic heterocycles. The number of ether oxygens (including phenoxy) is 4. The lowest BCUT2D eigenvalue weighted by Gasteiger charge is -2.65. The van der Waals surface area contributed by atoms with E-state index in [4.69, 9.17) is 44.6 Å². The van der Waals surface area contributed by atoms with Gasteiger partial charge in [0.1, 0.15) is 49.4 Å². The molecule has 0 heterocycles. The van der Waals surface area contributed by atoms with E-state index < -0.39 is 0 Å². The Morgan fingerprint density at radius 2 is 0.808 bits per heavy atom. The Hall–Kier alpha value is -4.12. The lowest BCUT2D eigenvalue weighted by Crippen LogP contribution is -2.56. The van der Waals surface area contributed by atoms with Gasteiger partial charge in [-0.2, -0.15) is 0 Å². The maximum Gasteiger partial charge on any atom is 0.148 e. The van der Waals surface area contributed by atoms with Gasteiger partial charge in [0, 0.05) is 34.1 Å². The largest absolute Gasteiger partial charge is 0.481 e. The molecule has 8 fully saturated rings. The van der Waals surface area contributed by atoms with Gasteiger partial charge in [0.2, 0.25) is 0 Å². The van der Waals surface area contributed by atoms with Crippen LogP contribution in [0.1, 0.15) is 116 Å². The first kappa shape index (κ1) is 36.2. The zero-order chi connectivity index (χ0) is 36.8. The summed E-state index contributed by atoms with van der Waals surface area (Å²) in [5, 5.41) is 0. The van der Waals surface area contributed by atoms with Gasteiger partial charge in [0.05, 0.1) is 0 Å². The average Bonchev–Trinajstić information content (AvgIpc) is 3.05. The number of hydrogen-bond acceptors (Lipinski definition) is 4. The van der Waals surface area contributed by atoms with Crippen LogP contribution >= 0.6 is 0 Å². The summed E-state index contributed by atoms with van der Waals surface area (Å²) >= 11 is 0. The molecule has 0 N–H and O–H groups in total. The topological polar surface area (TPSA) is 36.9 Å². The lowest BCUT2D eigenvalue weighted by molar-refractivity contribution is -0.110. The van der Waals surface area contributed by atoms with Crippen molar-refractivity contribution in [1.29, 1.82) is 0 Å². The summed E-state index contributed by atoms with van der Waals surface area (Å²) in [6.45, 7) is 11.1. The van der Waals surface area contributed by atoms with Crippen molar-refractivity contribution in [3.05, 3.63) is 47.5 Å². The lowest BCUT2D eigenvalue weighted by atomic mass is 9.39. The average molecular weight is 697 g/mol. The molecule has 272 valence electrons. The van der Waals surface area contributed by atoms with Crippen LogP contribution in [0.25, 0.3) is 0 Å². The fourth-order valence-electron chi connectivity index (χ4n) is 14.3. The van der Waals surface area contributed by atoms with E-state index in [9.17, 15) is 0 Å². The highest BCUT2D eigenvalue weighted by Crippen LogP contribution is 2.72. The van der Waals surface area contributed by atoms with E-state index in [-0.39, 0.29) is 37.3 Å². The smallest absolute Gasteiger partial charge is 0.148 e. The van der Waals surface area contributed by atoms with Crippen molar-refractivity contribution < 1.29 is 18.9 Å². The van der Waals surface area contributed by atoms with Gasteiger partial charge in [-0.3, -0.25) is 0 Å². The second-order valence-electron chi connectivity index (χ2n) is 19.1. The fourth-order valence-corrected chi connectivity index (χ4v) is 14.3. The minimum absolute atomic E-state index is 0.206. The van der Waals surface area contributed by atoms with Crippen LogP contribution in [0.5, 0.6) is 23.0 Å². The van der Waals surface area contributed by atoms with Crippen LogP contribution in [0.2, 0.25) is 0 Å². The predicted molar refractivity (Wildman–Crippen MR) is 208 cm³/mol. The van der Waals surface area contributed by atoms with Gasteiger partial charge in [-0.05, 0) is 123 Å². The summed E-state index contributed by atoms with van der Waals surface area (Å²) in [5.41, 5.74) is 4.87. The van der Waals surface area contributed by atoms with Crippen molar-refractivity contribution in [3.63, 3.8) is 0 Å². The third-order valence-electron chi connectivity index (χ3n) is 13.6. The van der Waals surface area contributed by atoms with Gasteiger partial charge in [0.15, 0.2) is 0 Å². The summed E-state index contributed by atoms with van der Waals surface area (Å²) < 4.78 is 23.2. The molecule has 0 saturated heterocycles. The van der Waals surface area contributed by atoms with Crippen molar-refractivity contribution in [2.75, 3.05) is 26.4 Å². The molecule has 0 aliphatic heterocycles. The highest BCUT2D eigenvalue weighted by Gasteiger charge is 2.62. The molecule has 2 aromatic carbocycles. The third-order valence-corrected chi connectivity index (χ3v) is 13.6. The summed E-state index contributed by atoms with van der Waals surface area (Å²) in [6.07, 6.45) is 37.4. The van der Waals surface area contributed by atoms with Crippen LogP contribution in [0.4, 0.5) is 0 Å². The first-order valence-corrected chi connectivity index (χ1v) is 19.3. The van der Waals surface area contributed by atoms with Crippen molar-refractivity contribution in [1.82, 2.24) is 0 Å². The van der Waals surface area contributed by atoms with Crippen LogP contribution in [-0.2, 0) is 10.8 Å². The number of terminal acetylenes is 4. The second-order valence-corrected chi connectivity index (χ2v) is 19.1. The minimum atomic E-state index is 0.206. The van der Waals surface area contributed by atoms with Crippen molar-refractivity contribution in [2.45, 2.75) is 116 Å². The van der Waals surface area contributed by atoms with Crippen LogP contribution < -0.4 is 18.9 Å². The molecule has 2 aromatic rings. The Kier molecular flexibility index (Phi) is 9.33. The van der Waals surface area contributed by atoms with Gasteiger partial charge in [-0.15, -0.1) is 25.7 Å². The van der Waals surface area contributed by atoms with E-state index in [1.165, 1.54) is 88.2 Å². The van der Waals surface area contributed by atoms with Crippen molar-refractivity contribution >= 4 is 0 Å². The van der Waals surface area contributed by atoms with E-state index in [2.05, 4.69) is 63.5 Å². The molecule has 52 heavy (non-hydrogen) atoms. The molecule has 4 unspecified atom stereocenters. The molecule has 0 radical (unpaired) electrons. The van der Waals surface area contributed by atoms with E-state index in [0.717, 1.165) is 34.8 Å². The van der Waals surface area contributed by atoms with Crippen LogP contribution in [0.3, 0.4) is 0 Å². The molecule has 4 nitrogen and oxygen atoms in total. The van der Waals surface area contributed by atoms with Gasteiger partial charge in [-0.1, -0.05) is 63.5 Å². The van der Waals surface area contributed by atoms with Crippen molar-refractivity contribution in [3.8, 4) is 72.4 Å². The van der Waals surface area contributed by atoms with Gasteiger partial charge in [0.25, 0.3) is 0 Å². The van der Waals surface area contributed by atoms with Crippen molar-refractivity contribution in [2.24, 2.45) is 33.5 Å². The van der Waals surface area contributed by atoms with E-state index >= 15 is 0 Å². The molecule has 8 saturated carbocycles. The number of hydrogen-bond donors (Lipinski definition) is 0. The summed E-state index contributed by atoms with van der Waals surface area (Å²) in [7, 11) is 0. The summed E-state index contributed by atoms with van der Waals surface area (Å²) in [4.78, 5) is 0. The van der Waals surface area contributed by atoms with E-state index in [0.29, 0.717) is 21.7 Å². The molecular weight excluding hydrogens is 641 g/mol. The maximum atomic E-state index is 5.99. The molecule has 0 amide bonds. The molecule has 8 aliphatic rings. The predicted octanol–water partition coefficient (Wildman–Crippen LogP) is 9.92. The maximum absolute atomic E-state index is 5.99. The Bertz CT molecular complexity index is 1690. The normalized spacial score (nSPS) is 37.0. The zero-order valence-electron chi connectivity index (χ0n) is 31.9. The van der Waals surface area contributed by atoms with Gasteiger partial charge >= 0.3 is 0 Å². The minimum Gasteiger partial charge on any atom is -0.481 e. The van der Waals surface area contributed by atoms with Gasteiger partial charge in [-0.25, -0.2) is 0 Å². The molecule has 4 atom stereocenters. The Morgan fingerprint density at radius 1 is 0.481 bits per heavy atom. The van der Waals surface area contributed by atoms with Crippen LogP contribution in [0.15, 0.2) is 36.4 Å². The third kappa shape index (κ3) is 6.88. The molecule has 10 rings (SSSR count). The SMILES string of the molecule is C#CCOc1ccc(C23CC4CC(C)(CC(C)(C4)C2)C3)c(OCC#C)c1.C#CCOc1ccc(C23CC4CC(C)(CC(C)(C4)C2)C3)c(OCC#C)c1. The second kappa shape index (κ2) is 13.4. The molecule has 8 aliphatic carbocycles. The highest BCUT2D eigenvalue weighted by molar-refractivity contribution is 5.48. The first-order chi connectivity index (χ1) is 24.8.